The lowest BCUT2D eigenvalue weighted by atomic mass is 9.74. The number of rotatable bonds is 5. The van der Waals surface area contributed by atoms with Gasteiger partial charge in [0.2, 0.25) is 5.91 Å². The molecule has 0 fully saturated rings. The fourth-order valence-electron chi connectivity index (χ4n) is 4.20. The molecule has 4 nitrogen and oxygen atoms in total. The van der Waals surface area contributed by atoms with E-state index in [1.165, 1.54) is 5.69 Å². The first-order valence-corrected chi connectivity index (χ1v) is 10.4. The van der Waals surface area contributed by atoms with Crippen LogP contribution in [0.15, 0.2) is 60.8 Å². The summed E-state index contributed by atoms with van der Waals surface area (Å²) in [5.74, 6) is 0.0486. The number of hydrogen-bond acceptors (Lipinski definition) is 2. The molecule has 0 saturated carbocycles. The zero-order valence-corrected chi connectivity index (χ0v) is 17.6. The number of aromatic nitrogens is 2. The molecule has 0 unspecified atom stereocenters. The quantitative estimate of drug-likeness (QED) is 0.649. The lowest BCUT2D eigenvalue weighted by Gasteiger charge is -2.36. The van der Waals surface area contributed by atoms with E-state index in [0.29, 0.717) is 13.0 Å². The molecule has 0 saturated heterocycles. The second-order valence-electron chi connectivity index (χ2n) is 8.66. The van der Waals surface area contributed by atoms with Gasteiger partial charge in [0.05, 0.1) is 25.2 Å². The Morgan fingerprint density at radius 1 is 1.17 bits per heavy atom. The Morgan fingerprint density at radius 3 is 2.69 bits per heavy atom. The summed E-state index contributed by atoms with van der Waals surface area (Å²) in [6.45, 7) is 5.18. The van der Waals surface area contributed by atoms with Crippen LogP contribution in [0, 0.1) is 5.41 Å². The molecule has 0 radical (unpaired) electrons. The van der Waals surface area contributed by atoms with Gasteiger partial charge < -0.3 is 5.32 Å². The van der Waals surface area contributed by atoms with Crippen molar-refractivity contribution in [1.82, 2.24) is 15.1 Å². The van der Waals surface area contributed by atoms with Gasteiger partial charge in [-0.15, -0.1) is 0 Å². The Morgan fingerprint density at radius 2 is 1.93 bits per heavy atom. The second-order valence-corrected chi connectivity index (χ2v) is 9.10. The minimum atomic E-state index is -0.0157. The van der Waals surface area contributed by atoms with E-state index < -0.39 is 0 Å². The molecule has 1 aliphatic carbocycles. The fourth-order valence-corrected chi connectivity index (χ4v) is 4.41. The molecule has 1 atom stereocenters. The van der Waals surface area contributed by atoms with Gasteiger partial charge in [-0.2, -0.15) is 5.10 Å². The Kier molecular flexibility index (Phi) is 5.46. The van der Waals surface area contributed by atoms with Crippen LogP contribution in [-0.4, -0.2) is 15.7 Å². The van der Waals surface area contributed by atoms with Crippen molar-refractivity contribution in [2.75, 3.05) is 0 Å². The van der Waals surface area contributed by atoms with Gasteiger partial charge in [0.1, 0.15) is 0 Å². The number of benzene rings is 2. The SMILES string of the molecule is CC1(C)Cc2c(cnn2Cc2cccc(Cl)c2)[C@@H](NC(=O)Cc2ccccc2)C1. The van der Waals surface area contributed by atoms with E-state index in [9.17, 15) is 4.79 Å². The summed E-state index contributed by atoms with van der Waals surface area (Å²) in [7, 11) is 0. The summed E-state index contributed by atoms with van der Waals surface area (Å²) in [5, 5.41) is 8.64. The van der Waals surface area contributed by atoms with Crippen molar-refractivity contribution in [3.05, 3.63) is 88.2 Å². The van der Waals surface area contributed by atoms with E-state index in [4.69, 9.17) is 11.6 Å². The van der Waals surface area contributed by atoms with Crippen LogP contribution in [0.25, 0.3) is 0 Å². The summed E-state index contributed by atoms with van der Waals surface area (Å²) in [6.07, 6.45) is 4.16. The number of fused-ring (bicyclic) bond motifs is 1. The molecule has 5 heteroatoms. The van der Waals surface area contributed by atoms with Gasteiger partial charge in [0, 0.05) is 16.3 Å². The van der Waals surface area contributed by atoms with E-state index >= 15 is 0 Å². The minimum absolute atomic E-state index is 0.0157. The Hall–Kier alpha value is -2.59. The van der Waals surface area contributed by atoms with Crippen LogP contribution in [0.1, 0.15) is 48.7 Å². The maximum Gasteiger partial charge on any atom is 0.224 e. The summed E-state index contributed by atoms with van der Waals surface area (Å²) >= 11 is 6.14. The maximum absolute atomic E-state index is 12.7. The standard InChI is InChI=1S/C24H26ClN3O/c1-24(2)13-21(27-23(29)12-17-7-4-3-5-8-17)20-15-26-28(22(20)14-24)16-18-9-6-10-19(25)11-18/h3-11,15,21H,12-14,16H2,1-2H3,(H,27,29)/t21-/m0/s1. The van der Waals surface area contributed by atoms with Gasteiger partial charge in [-0.3, -0.25) is 9.48 Å². The molecule has 4 rings (SSSR count). The Balaban J connectivity index is 1.55. The number of nitrogens with one attached hydrogen (secondary N) is 1. The van der Waals surface area contributed by atoms with Crippen LogP contribution in [0.2, 0.25) is 5.02 Å². The molecule has 1 aliphatic rings. The zero-order valence-electron chi connectivity index (χ0n) is 16.9. The average molecular weight is 408 g/mol. The van der Waals surface area contributed by atoms with Crippen LogP contribution in [0.3, 0.4) is 0 Å². The zero-order chi connectivity index (χ0) is 20.4. The van der Waals surface area contributed by atoms with Crippen molar-refractivity contribution in [2.45, 2.75) is 45.7 Å². The molecule has 150 valence electrons. The predicted octanol–water partition coefficient (Wildman–Crippen LogP) is 4.96. The van der Waals surface area contributed by atoms with Crippen molar-refractivity contribution in [2.24, 2.45) is 5.41 Å². The third-order valence-electron chi connectivity index (χ3n) is 5.52. The molecule has 2 aromatic carbocycles. The second kappa shape index (κ2) is 8.03. The summed E-state index contributed by atoms with van der Waals surface area (Å²) in [4.78, 5) is 12.7. The largest absolute Gasteiger partial charge is 0.349 e. The molecule has 0 bridgehead atoms. The number of halogens is 1. The highest BCUT2D eigenvalue weighted by atomic mass is 35.5. The van der Waals surface area contributed by atoms with Crippen LogP contribution < -0.4 is 5.32 Å². The van der Waals surface area contributed by atoms with E-state index in [1.807, 2.05) is 54.7 Å². The summed E-state index contributed by atoms with van der Waals surface area (Å²) in [5.41, 5.74) is 4.57. The van der Waals surface area contributed by atoms with Crippen molar-refractivity contribution in [1.29, 1.82) is 0 Å². The monoisotopic (exact) mass is 407 g/mol. The van der Waals surface area contributed by atoms with Gasteiger partial charge in [0.15, 0.2) is 0 Å². The molecule has 3 aromatic rings. The van der Waals surface area contributed by atoms with Gasteiger partial charge in [-0.05, 0) is 41.5 Å². The first kappa shape index (κ1) is 19.7. The minimum Gasteiger partial charge on any atom is -0.349 e. The molecule has 29 heavy (non-hydrogen) atoms. The van der Waals surface area contributed by atoms with Crippen molar-refractivity contribution in [3.63, 3.8) is 0 Å². The van der Waals surface area contributed by atoms with Crippen molar-refractivity contribution in [3.8, 4) is 0 Å². The highest BCUT2D eigenvalue weighted by Crippen LogP contribution is 2.40. The number of hydrogen-bond donors (Lipinski definition) is 1. The van der Waals surface area contributed by atoms with Crippen molar-refractivity contribution >= 4 is 17.5 Å². The van der Waals surface area contributed by atoms with Crippen LogP contribution in [0.5, 0.6) is 0 Å². The molecular weight excluding hydrogens is 382 g/mol. The van der Waals surface area contributed by atoms with E-state index in [1.54, 1.807) is 0 Å². The van der Waals surface area contributed by atoms with Crippen molar-refractivity contribution < 1.29 is 4.79 Å². The fraction of sp³-hybridized carbons (Fsp3) is 0.333. The highest BCUT2D eigenvalue weighted by Gasteiger charge is 2.35. The van der Waals surface area contributed by atoms with Gasteiger partial charge >= 0.3 is 0 Å². The molecule has 1 aromatic heterocycles. The summed E-state index contributed by atoms with van der Waals surface area (Å²) < 4.78 is 2.05. The normalized spacial score (nSPS) is 17.6. The molecule has 0 aliphatic heterocycles. The number of amides is 1. The van der Waals surface area contributed by atoms with Gasteiger partial charge in [-0.1, -0.05) is 67.9 Å². The smallest absolute Gasteiger partial charge is 0.224 e. The molecule has 1 amide bonds. The lowest BCUT2D eigenvalue weighted by Crippen LogP contribution is -2.37. The third kappa shape index (κ3) is 4.70. The topological polar surface area (TPSA) is 46.9 Å². The number of carbonyl (C=O) groups excluding carboxylic acids is 1. The molecule has 1 heterocycles. The molecular formula is C24H26ClN3O. The van der Waals surface area contributed by atoms with Gasteiger partial charge in [0.25, 0.3) is 0 Å². The van der Waals surface area contributed by atoms with Gasteiger partial charge in [-0.25, -0.2) is 0 Å². The molecule has 1 N–H and O–H groups in total. The van der Waals surface area contributed by atoms with E-state index in [0.717, 1.165) is 34.6 Å². The highest BCUT2D eigenvalue weighted by molar-refractivity contribution is 6.30. The van der Waals surface area contributed by atoms with Crippen LogP contribution >= 0.6 is 11.6 Å². The predicted molar refractivity (Wildman–Crippen MR) is 116 cm³/mol. The molecule has 0 spiro atoms. The number of nitrogens with zero attached hydrogens (tertiary/aromatic N) is 2. The number of carbonyl (C=O) groups is 1. The third-order valence-corrected chi connectivity index (χ3v) is 5.76. The first-order valence-electron chi connectivity index (χ1n) is 10.0. The summed E-state index contributed by atoms with van der Waals surface area (Å²) in [6, 6.07) is 17.7. The first-order chi connectivity index (χ1) is 13.9. The van der Waals surface area contributed by atoms with E-state index in [-0.39, 0.29) is 17.4 Å². The maximum atomic E-state index is 12.7. The average Bonchev–Trinajstić information content (AvgIpc) is 3.04. The Bertz CT molecular complexity index is 1010. The Labute approximate surface area is 176 Å². The van der Waals surface area contributed by atoms with Crippen LogP contribution in [-0.2, 0) is 24.2 Å². The van der Waals surface area contributed by atoms with E-state index in [2.05, 4.69) is 35.0 Å². The lowest BCUT2D eigenvalue weighted by molar-refractivity contribution is -0.121. The van der Waals surface area contributed by atoms with Crippen LogP contribution in [0.4, 0.5) is 0 Å².